The number of carbonyl (C=O) groups excluding carboxylic acids is 2. The second-order valence-corrected chi connectivity index (χ2v) is 5.86. The Morgan fingerprint density at radius 3 is 2.73 bits per heavy atom. The third-order valence-corrected chi connectivity index (χ3v) is 4.14. The van der Waals surface area contributed by atoms with E-state index in [0.29, 0.717) is 12.3 Å². The summed E-state index contributed by atoms with van der Waals surface area (Å²) in [4.78, 5) is 27.0. The predicted molar refractivity (Wildman–Crippen MR) is 79.5 cm³/mol. The summed E-state index contributed by atoms with van der Waals surface area (Å²) in [7, 11) is 0. The zero-order chi connectivity index (χ0) is 15.7. The smallest absolute Gasteiger partial charge is 0.327 e. The van der Waals surface area contributed by atoms with Crippen LogP contribution in [-0.2, 0) is 4.79 Å². The van der Waals surface area contributed by atoms with Gasteiger partial charge < -0.3 is 14.7 Å². The van der Waals surface area contributed by atoms with E-state index in [4.69, 9.17) is 4.74 Å². The van der Waals surface area contributed by atoms with Crippen molar-refractivity contribution in [3.05, 3.63) is 29.8 Å². The topological polar surface area (TPSA) is 70.1 Å². The Morgan fingerprint density at radius 1 is 1.32 bits per heavy atom. The number of ether oxygens (including phenoxy) is 1. The SMILES string of the molecule is Cc1ccc(OC[C@@H](O)CN2C(=O)[C@@H]3CCCN3C2=O)cc1. The fourth-order valence-electron chi connectivity index (χ4n) is 2.94. The molecule has 3 rings (SSSR count). The summed E-state index contributed by atoms with van der Waals surface area (Å²) in [5.41, 5.74) is 1.13. The summed E-state index contributed by atoms with van der Waals surface area (Å²) >= 11 is 0. The molecule has 2 heterocycles. The number of carbonyl (C=O) groups is 2. The van der Waals surface area contributed by atoms with E-state index in [1.807, 2.05) is 31.2 Å². The van der Waals surface area contributed by atoms with E-state index in [2.05, 4.69) is 0 Å². The minimum atomic E-state index is -0.894. The van der Waals surface area contributed by atoms with Gasteiger partial charge in [-0.1, -0.05) is 17.7 Å². The van der Waals surface area contributed by atoms with Crippen LogP contribution in [0.3, 0.4) is 0 Å². The molecular formula is C16H20N2O4. The molecule has 2 aliphatic heterocycles. The highest BCUT2D eigenvalue weighted by Gasteiger charge is 2.47. The van der Waals surface area contributed by atoms with Gasteiger partial charge in [0.15, 0.2) is 0 Å². The quantitative estimate of drug-likeness (QED) is 0.829. The average Bonchev–Trinajstić information content (AvgIpc) is 3.07. The molecule has 2 fully saturated rings. The molecule has 0 radical (unpaired) electrons. The van der Waals surface area contributed by atoms with Crippen molar-refractivity contribution in [1.29, 1.82) is 0 Å². The van der Waals surface area contributed by atoms with E-state index in [1.54, 1.807) is 4.90 Å². The summed E-state index contributed by atoms with van der Waals surface area (Å²) in [6, 6.07) is 6.88. The van der Waals surface area contributed by atoms with Crippen LogP contribution in [-0.4, -0.2) is 58.7 Å². The summed E-state index contributed by atoms with van der Waals surface area (Å²) in [5, 5.41) is 10.0. The molecular weight excluding hydrogens is 284 g/mol. The van der Waals surface area contributed by atoms with Crippen LogP contribution < -0.4 is 4.74 Å². The summed E-state index contributed by atoms with van der Waals surface area (Å²) in [5.74, 6) is 0.459. The molecule has 0 bridgehead atoms. The van der Waals surface area contributed by atoms with E-state index in [-0.39, 0.29) is 31.1 Å². The number of nitrogens with zero attached hydrogens (tertiary/aromatic N) is 2. The van der Waals surface area contributed by atoms with Gasteiger partial charge >= 0.3 is 6.03 Å². The fourth-order valence-corrected chi connectivity index (χ4v) is 2.94. The lowest BCUT2D eigenvalue weighted by atomic mass is 10.2. The lowest BCUT2D eigenvalue weighted by Crippen LogP contribution is -2.41. The first kappa shape index (κ1) is 14.8. The Balaban J connectivity index is 1.53. The van der Waals surface area contributed by atoms with Gasteiger partial charge in [-0.3, -0.25) is 9.69 Å². The lowest BCUT2D eigenvalue weighted by molar-refractivity contribution is -0.129. The van der Waals surface area contributed by atoms with Gasteiger partial charge in [-0.05, 0) is 31.9 Å². The molecule has 0 aromatic heterocycles. The number of aliphatic hydroxyl groups excluding tert-OH is 1. The number of hydrogen-bond donors (Lipinski definition) is 1. The van der Waals surface area contributed by atoms with Crippen LogP contribution in [0.25, 0.3) is 0 Å². The van der Waals surface area contributed by atoms with E-state index in [1.165, 1.54) is 0 Å². The molecule has 1 N–H and O–H groups in total. The highest BCUT2D eigenvalue weighted by molar-refractivity contribution is 6.04. The maximum absolute atomic E-state index is 12.2. The lowest BCUT2D eigenvalue weighted by Gasteiger charge is -2.19. The van der Waals surface area contributed by atoms with Crippen molar-refractivity contribution in [2.75, 3.05) is 19.7 Å². The van der Waals surface area contributed by atoms with Gasteiger partial charge in [0.25, 0.3) is 5.91 Å². The molecule has 2 aliphatic rings. The number of benzene rings is 1. The van der Waals surface area contributed by atoms with Crippen LogP contribution >= 0.6 is 0 Å². The maximum atomic E-state index is 12.2. The van der Waals surface area contributed by atoms with Gasteiger partial charge in [0.2, 0.25) is 0 Å². The molecule has 2 saturated heterocycles. The molecule has 0 spiro atoms. The number of hydrogen-bond acceptors (Lipinski definition) is 4. The molecule has 1 aromatic carbocycles. The summed E-state index contributed by atoms with van der Waals surface area (Å²) in [6.45, 7) is 2.64. The Labute approximate surface area is 129 Å². The number of imide groups is 1. The molecule has 118 valence electrons. The van der Waals surface area contributed by atoms with E-state index < -0.39 is 6.10 Å². The van der Waals surface area contributed by atoms with Crippen molar-refractivity contribution >= 4 is 11.9 Å². The molecule has 0 saturated carbocycles. The minimum absolute atomic E-state index is 0.0173. The zero-order valence-corrected chi connectivity index (χ0v) is 12.6. The van der Waals surface area contributed by atoms with Crippen molar-refractivity contribution in [2.45, 2.75) is 31.9 Å². The number of aryl methyl sites for hydroxylation is 1. The molecule has 6 heteroatoms. The van der Waals surface area contributed by atoms with Gasteiger partial charge in [0.05, 0.1) is 6.54 Å². The van der Waals surface area contributed by atoms with Crippen molar-refractivity contribution in [1.82, 2.24) is 9.80 Å². The molecule has 2 atom stereocenters. The van der Waals surface area contributed by atoms with Gasteiger partial charge in [-0.25, -0.2) is 4.79 Å². The highest BCUT2D eigenvalue weighted by Crippen LogP contribution is 2.27. The van der Waals surface area contributed by atoms with Crippen molar-refractivity contribution in [3.63, 3.8) is 0 Å². The third kappa shape index (κ3) is 2.78. The second kappa shape index (κ2) is 5.96. The minimum Gasteiger partial charge on any atom is -0.491 e. The first-order valence-corrected chi connectivity index (χ1v) is 7.56. The Hall–Kier alpha value is -2.08. The van der Waals surface area contributed by atoms with Crippen molar-refractivity contribution in [2.24, 2.45) is 0 Å². The Morgan fingerprint density at radius 2 is 2.05 bits per heavy atom. The summed E-state index contributed by atoms with van der Waals surface area (Å²) in [6.07, 6.45) is 0.695. The summed E-state index contributed by atoms with van der Waals surface area (Å²) < 4.78 is 5.48. The van der Waals surface area contributed by atoms with Gasteiger partial charge in [0, 0.05) is 6.54 Å². The number of fused-ring (bicyclic) bond motifs is 1. The monoisotopic (exact) mass is 304 g/mol. The van der Waals surface area contributed by atoms with Gasteiger partial charge in [-0.15, -0.1) is 0 Å². The van der Waals surface area contributed by atoms with Gasteiger partial charge in [0.1, 0.15) is 24.5 Å². The molecule has 6 nitrogen and oxygen atoms in total. The third-order valence-electron chi connectivity index (χ3n) is 4.14. The predicted octanol–water partition coefficient (Wildman–Crippen LogP) is 1.16. The molecule has 3 amide bonds. The Kier molecular flexibility index (Phi) is 4.02. The Bertz CT molecular complexity index is 550. The first-order chi connectivity index (χ1) is 10.6. The molecule has 0 aliphatic carbocycles. The van der Waals surface area contributed by atoms with Crippen LogP contribution in [0.15, 0.2) is 24.3 Å². The van der Waals surface area contributed by atoms with E-state index in [9.17, 15) is 14.7 Å². The zero-order valence-electron chi connectivity index (χ0n) is 12.6. The maximum Gasteiger partial charge on any atom is 0.327 e. The first-order valence-electron chi connectivity index (χ1n) is 7.56. The second-order valence-electron chi connectivity index (χ2n) is 5.86. The van der Waals surface area contributed by atoms with Crippen LogP contribution in [0.5, 0.6) is 5.75 Å². The fraction of sp³-hybridized carbons (Fsp3) is 0.500. The van der Waals surface area contributed by atoms with Crippen LogP contribution in [0.4, 0.5) is 4.79 Å². The van der Waals surface area contributed by atoms with E-state index in [0.717, 1.165) is 23.3 Å². The molecule has 0 unspecified atom stereocenters. The van der Waals surface area contributed by atoms with Crippen molar-refractivity contribution < 1.29 is 19.4 Å². The van der Waals surface area contributed by atoms with Gasteiger partial charge in [-0.2, -0.15) is 0 Å². The number of aliphatic hydroxyl groups is 1. The molecule has 22 heavy (non-hydrogen) atoms. The van der Waals surface area contributed by atoms with Crippen molar-refractivity contribution in [3.8, 4) is 5.75 Å². The normalized spacial score (nSPS) is 22.2. The van der Waals surface area contributed by atoms with E-state index >= 15 is 0 Å². The van der Waals surface area contributed by atoms with Crippen LogP contribution in [0.2, 0.25) is 0 Å². The number of amides is 3. The highest BCUT2D eigenvalue weighted by atomic mass is 16.5. The largest absolute Gasteiger partial charge is 0.491 e. The van der Waals surface area contributed by atoms with Crippen LogP contribution in [0.1, 0.15) is 18.4 Å². The average molecular weight is 304 g/mol. The van der Waals surface area contributed by atoms with Crippen LogP contribution in [0, 0.1) is 6.92 Å². The molecule has 1 aromatic rings. The number of urea groups is 1. The standard InChI is InChI=1S/C16H20N2O4/c1-11-4-6-13(7-5-11)22-10-12(19)9-18-15(20)14-3-2-8-17(14)16(18)21/h4-7,12,14,19H,2-3,8-10H2,1H3/t12-,14-/m0/s1. The number of rotatable bonds is 5. The number of β-amino-alcohol motifs (C(OH)–C–C–N with tert-alkyl or cyclic N) is 1.